The molecule has 14 rings (SSSR count). The minimum absolute atomic E-state index is 0.566. The number of thiophene rings is 1. The third kappa shape index (κ3) is 5.13. The molecular weight excluding hydrogens is 789 g/mol. The van der Waals surface area contributed by atoms with Crippen LogP contribution >= 0.6 is 11.3 Å². The van der Waals surface area contributed by atoms with E-state index in [-0.39, 0.29) is 0 Å². The van der Waals surface area contributed by atoms with E-state index in [1.807, 2.05) is 18.2 Å². The molecule has 0 N–H and O–H groups in total. The highest BCUT2D eigenvalue weighted by Gasteiger charge is 2.26. The van der Waals surface area contributed by atoms with E-state index in [2.05, 4.69) is 180 Å². The summed E-state index contributed by atoms with van der Waals surface area (Å²) in [5.41, 5.74) is 7.37. The van der Waals surface area contributed by atoms with Crippen molar-refractivity contribution in [1.29, 1.82) is 0 Å². The highest BCUT2D eigenvalue weighted by atomic mass is 32.1. The summed E-state index contributed by atoms with van der Waals surface area (Å²) in [5.74, 6) is 1.79. The first kappa shape index (κ1) is 34.5. The van der Waals surface area contributed by atoms with Gasteiger partial charge in [-0.25, -0.2) is 15.0 Å². The second kappa shape index (κ2) is 13.2. The van der Waals surface area contributed by atoms with E-state index >= 15 is 0 Å². The zero-order valence-corrected chi connectivity index (χ0v) is 34.4. The van der Waals surface area contributed by atoms with Gasteiger partial charge in [0.05, 0.1) is 11.0 Å². The van der Waals surface area contributed by atoms with Crippen molar-refractivity contribution in [3.8, 4) is 39.9 Å². The number of fused-ring (bicyclic) bond motifs is 13. The average molecular weight is 821 g/mol. The minimum atomic E-state index is 0.566. The number of rotatable bonds is 4. The molecule has 292 valence electrons. The zero-order valence-electron chi connectivity index (χ0n) is 33.6. The fourth-order valence-corrected chi connectivity index (χ4v) is 11.1. The van der Waals surface area contributed by atoms with Crippen LogP contribution in [0.4, 0.5) is 0 Å². The van der Waals surface area contributed by atoms with Crippen molar-refractivity contribution in [3.05, 3.63) is 194 Å². The van der Waals surface area contributed by atoms with E-state index in [9.17, 15) is 0 Å². The summed E-state index contributed by atoms with van der Waals surface area (Å²) in [6.45, 7) is 0. The van der Waals surface area contributed by atoms with Gasteiger partial charge in [0.25, 0.3) is 0 Å². The molecule has 4 heterocycles. The molecule has 0 amide bonds. The van der Waals surface area contributed by atoms with Gasteiger partial charge in [-0.05, 0) is 86.9 Å². The Balaban J connectivity index is 1.15. The Labute approximate surface area is 363 Å². The molecule has 0 atom stereocenters. The number of furan rings is 1. The van der Waals surface area contributed by atoms with E-state index in [0.29, 0.717) is 17.5 Å². The molecular formula is C57H32N4OS. The molecule has 0 spiro atoms. The Morgan fingerprint density at radius 3 is 1.84 bits per heavy atom. The summed E-state index contributed by atoms with van der Waals surface area (Å²) in [6.07, 6.45) is 0. The van der Waals surface area contributed by atoms with Crippen LogP contribution in [-0.4, -0.2) is 19.5 Å². The first-order valence-corrected chi connectivity index (χ1v) is 22.0. The second-order valence-corrected chi connectivity index (χ2v) is 17.4. The molecule has 0 bridgehead atoms. The standard InChI is InChI=1S/C57H32N4OS/c1-2-14-34(15-3-1)55-58-56(60-57(59-55)44-23-12-22-42-40-21-10-11-24-50(40)63-54(42)44)43-27-26-41-45-29-35-16-5-7-19-38(35)32-49(45)62-53(41)52(43)61-47-28-25-33-13-8-9-20-39(33)51(47)46-30-36-17-4-6-18-37(36)31-48(46)61/h1-32H. The lowest BCUT2D eigenvalue weighted by molar-refractivity contribution is 0.667. The van der Waals surface area contributed by atoms with Crippen molar-refractivity contribution < 1.29 is 4.42 Å². The molecule has 0 fully saturated rings. The van der Waals surface area contributed by atoms with Crippen molar-refractivity contribution in [2.24, 2.45) is 0 Å². The normalized spacial score (nSPS) is 12.1. The number of hydrogen-bond acceptors (Lipinski definition) is 5. The predicted molar refractivity (Wildman–Crippen MR) is 263 cm³/mol. The Hall–Kier alpha value is -8.19. The van der Waals surface area contributed by atoms with Gasteiger partial charge < -0.3 is 8.98 Å². The first-order chi connectivity index (χ1) is 31.2. The average Bonchev–Trinajstić information content (AvgIpc) is 4.01. The van der Waals surface area contributed by atoms with E-state index in [1.54, 1.807) is 11.3 Å². The SMILES string of the molecule is c1ccc(-c2nc(-c3ccc4c(oc5cc6ccccc6cc54)c3-n3c4cc5ccccc5cc4c4c5ccccc5ccc43)nc(-c3cccc4c3sc3ccccc34)n2)cc1. The lowest BCUT2D eigenvalue weighted by Gasteiger charge is -2.16. The summed E-state index contributed by atoms with van der Waals surface area (Å²) in [5, 5.41) is 13.9. The van der Waals surface area contributed by atoms with Crippen molar-refractivity contribution in [3.63, 3.8) is 0 Å². The summed E-state index contributed by atoms with van der Waals surface area (Å²) >= 11 is 1.78. The molecule has 6 heteroatoms. The van der Waals surface area contributed by atoms with Crippen LogP contribution in [0.3, 0.4) is 0 Å². The fraction of sp³-hybridized carbons (Fsp3) is 0. The molecule has 0 saturated carbocycles. The van der Waals surface area contributed by atoms with Gasteiger partial charge in [0.1, 0.15) is 11.3 Å². The maximum Gasteiger partial charge on any atom is 0.166 e. The Morgan fingerprint density at radius 2 is 1.03 bits per heavy atom. The Morgan fingerprint density at radius 1 is 0.397 bits per heavy atom. The molecule has 14 aromatic rings. The van der Waals surface area contributed by atoms with Crippen LogP contribution in [0.2, 0.25) is 0 Å². The van der Waals surface area contributed by atoms with Gasteiger partial charge in [-0.2, -0.15) is 0 Å². The van der Waals surface area contributed by atoms with Crippen LogP contribution in [0.25, 0.3) is 136 Å². The monoisotopic (exact) mass is 820 g/mol. The molecule has 4 aromatic heterocycles. The Kier molecular flexibility index (Phi) is 7.21. The molecule has 63 heavy (non-hydrogen) atoms. The fourth-order valence-electron chi connectivity index (χ4n) is 9.88. The smallest absolute Gasteiger partial charge is 0.166 e. The van der Waals surface area contributed by atoms with Gasteiger partial charge in [-0.1, -0.05) is 140 Å². The molecule has 0 aliphatic carbocycles. The third-order valence-corrected chi connectivity index (χ3v) is 14.0. The molecule has 0 aliphatic heterocycles. The topological polar surface area (TPSA) is 56.7 Å². The van der Waals surface area contributed by atoms with Gasteiger partial charge >= 0.3 is 0 Å². The van der Waals surface area contributed by atoms with Crippen LogP contribution < -0.4 is 0 Å². The van der Waals surface area contributed by atoms with Gasteiger partial charge in [0.15, 0.2) is 23.1 Å². The van der Waals surface area contributed by atoms with Crippen molar-refractivity contribution in [2.45, 2.75) is 0 Å². The van der Waals surface area contributed by atoms with E-state index in [1.165, 1.54) is 42.4 Å². The maximum absolute atomic E-state index is 7.18. The van der Waals surface area contributed by atoms with E-state index in [0.717, 1.165) is 76.2 Å². The molecule has 0 unspecified atom stereocenters. The highest BCUT2D eigenvalue weighted by molar-refractivity contribution is 7.26. The lowest BCUT2D eigenvalue weighted by atomic mass is 10.0. The van der Waals surface area contributed by atoms with E-state index < -0.39 is 0 Å². The van der Waals surface area contributed by atoms with Crippen LogP contribution in [0, 0.1) is 0 Å². The van der Waals surface area contributed by atoms with Crippen LogP contribution in [0.1, 0.15) is 0 Å². The molecule has 5 nitrogen and oxygen atoms in total. The van der Waals surface area contributed by atoms with Gasteiger partial charge in [0.2, 0.25) is 0 Å². The van der Waals surface area contributed by atoms with Crippen molar-refractivity contribution in [1.82, 2.24) is 19.5 Å². The van der Waals surface area contributed by atoms with Crippen LogP contribution in [0.15, 0.2) is 199 Å². The number of aromatic nitrogens is 4. The minimum Gasteiger partial charge on any atom is -0.454 e. The van der Waals surface area contributed by atoms with Gasteiger partial charge in [-0.15, -0.1) is 11.3 Å². The van der Waals surface area contributed by atoms with Crippen molar-refractivity contribution >= 4 is 108 Å². The molecule has 10 aromatic carbocycles. The molecule has 0 saturated heterocycles. The molecule has 0 radical (unpaired) electrons. The third-order valence-electron chi connectivity index (χ3n) is 12.8. The predicted octanol–water partition coefficient (Wildman–Crippen LogP) is 15.7. The highest BCUT2D eigenvalue weighted by Crippen LogP contribution is 2.46. The first-order valence-electron chi connectivity index (χ1n) is 21.2. The molecule has 0 aliphatic rings. The summed E-state index contributed by atoms with van der Waals surface area (Å²) in [4.78, 5) is 16.1. The summed E-state index contributed by atoms with van der Waals surface area (Å²) in [7, 11) is 0. The number of benzene rings is 10. The van der Waals surface area contributed by atoms with Crippen molar-refractivity contribution in [2.75, 3.05) is 0 Å². The lowest BCUT2D eigenvalue weighted by Crippen LogP contribution is -2.04. The summed E-state index contributed by atoms with van der Waals surface area (Å²) in [6, 6.07) is 69.1. The second-order valence-electron chi connectivity index (χ2n) is 16.3. The Bertz CT molecular complexity index is 4220. The van der Waals surface area contributed by atoms with Crippen LogP contribution in [-0.2, 0) is 0 Å². The number of hydrogen-bond donors (Lipinski definition) is 0. The maximum atomic E-state index is 7.18. The number of nitrogens with zero attached hydrogens (tertiary/aromatic N) is 4. The largest absolute Gasteiger partial charge is 0.454 e. The van der Waals surface area contributed by atoms with Crippen LogP contribution in [0.5, 0.6) is 0 Å². The summed E-state index contributed by atoms with van der Waals surface area (Å²) < 4.78 is 12.0. The van der Waals surface area contributed by atoms with Gasteiger partial charge in [0, 0.05) is 58.4 Å². The quantitative estimate of drug-likeness (QED) is 0.177. The zero-order chi connectivity index (χ0) is 41.2. The van der Waals surface area contributed by atoms with E-state index in [4.69, 9.17) is 19.4 Å². The van der Waals surface area contributed by atoms with Gasteiger partial charge in [-0.3, -0.25) is 0 Å².